The Bertz CT molecular complexity index is 587. The van der Waals surface area contributed by atoms with E-state index in [9.17, 15) is 4.79 Å². The molecular formula is C15H16N2O2. The van der Waals surface area contributed by atoms with Gasteiger partial charge in [0.25, 0.3) is 5.91 Å². The molecule has 1 aromatic heterocycles. The van der Waals surface area contributed by atoms with Crippen molar-refractivity contribution in [3.63, 3.8) is 0 Å². The van der Waals surface area contributed by atoms with Crippen molar-refractivity contribution in [2.45, 2.75) is 19.8 Å². The zero-order valence-corrected chi connectivity index (χ0v) is 10.8. The average Bonchev–Trinajstić information content (AvgIpc) is 2.84. The number of hydrogen-bond donors (Lipinski definition) is 1. The largest absolute Gasteiger partial charge is 0.351 e. The van der Waals surface area contributed by atoms with E-state index in [0.29, 0.717) is 5.69 Å². The van der Waals surface area contributed by atoms with Crippen LogP contribution < -0.4 is 5.32 Å². The minimum atomic E-state index is -0.286. The standard InChI is InChI=1S/C15H16N2O2/c1-3-4-7-12-8-5-6-9-13(12)16-15(18)14-10-11(2)17-19-14/h3,5-6,8-10H,1,4,7H2,2H3,(H,16,18). The molecule has 0 spiro atoms. The molecule has 0 radical (unpaired) electrons. The molecule has 4 heteroatoms. The smallest absolute Gasteiger partial charge is 0.294 e. The summed E-state index contributed by atoms with van der Waals surface area (Å²) in [6, 6.07) is 9.32. The van der Waals surface area contributed by atoms with Crippen molar-refractivity contribution in [1.82, 2.24) is 5.16 Å². The van der Waals surface area contributed by atoms with Crippen molar-refractivity contribution in [3.05, 3.63) is 60.0 Å². The third-order valence-corrected chi connectivity index (χ3v) is 2.74. The van der Waals surface area contributed by atoms with E-state index in [0.717, 1.165) is 24.1 Å². The van der Waals surface area contributed by atoms with Gasteiger partial charge in [-0.25, -0.2) is 0 Å². The van der Waals surface area contributed by atoms with Crippen molar-refractivity contribution in [2.75, 3.05) is 5.32 Å². The van der Waals surface area contributed by atoms with E-state index in [-0.39, 0.29) is 11.7 Å². The van der Waals surface area contributed by atoms with E-state index in [1.54, 1.807) is 13.0 Å². The molecule has 0 aliphatic heterocycles. The fourth-order valence-electron chi connectivity index (χ4n) is 1.77. The second kappa shape index (κ2) is 6.00. The van der Waals surface area contributed by atoms with Crippen molar-refractivity contribution < 1.29 is 9.32 Å². The molecule has 0 bridgehead atoms. The van der Waals surface area contributed by atoms with E-state index in [2.05, 4.69) is 17.1 Å². The molecule has 2 rings (SSSR count). The number of aryl methyl sites for hydroxylation is 2. The van der Waals surface area contributed by atoms with Crippen LogP contribution in [-0.2, 0) is 6.42 Å². The molecule has 19 heavy (non-hydrogen) atoms. The van der Waals surface area contributed by atoms with Gasteiger partial charge in [-0.3, -0.25) is 4.79 Å². The first-order valence-electron chi connectivity index (χ1n) is 6.14. The van der Waals surface area contributed by atoms with Gasteiger partial charge in [0.05, 0.1) is 5.69 Å². The maximum atomic E-state index is 12.0. The Hall–Kier alpha value is -2.36. The molecule has 98 valence electrons. The maximum Gasteiger partial charge on any atom is 0.294 e. The Labute approximate surface area is 112 Å². The maximum absolute atomic E-state index is 12.0. The lowest BCUT2D eigenvalue weighted by molar-refractivity contribution is 0.0988. The Balaban J connectivity index is 2.14. The highest BCUT2D eigenvalue weighted by molar-refractivity contribution is 6.02. The lowest BCUT2D eigenvalue weighted by atomic mass is 10.1. The predicted molar refractivity (Wildman–Crippen MR) is 74.2 cm³/mol. The lowest BCUT2D eigenvalue weighted by Crippen LogP contribution is -2.12. The number of carbonyl (C=O) groups is 1. The van der Waals surface area contributed by atoms with Crippen LogP contribution in [0.15, 0.2) is 47.5 Å². The molecule has 4 nitrogen and oxygen atoms in total. The summed E-state index contributed by atoms with van der Waals surface area (Å²) >= 11 is 0. The minimum Gasteiger partial charge on any atom is -0.351 e. The fraction of sp³-hybridized carbons (Fsp3) is 0.200. The first kappa shape index (κ1) is 13.1. The normalized spacial score (nSPS) is 10.2. The molecule has 0 aliphatic carbocycles. The van der Waals surface area contributed by atoms with E-state index >= 15 is 0 Å². The van der Waals surface area contributed by atoms with Crippen LogP contribution in [-0.4, -0.2) is 11.1 Å². The van der Waals surface area contributed by atoms with E-state index < -0.39 is 0 Å². The Morgan fingerprint density at radius 2 is 2.26 bits per heavy atom. The molecule has 0 unspecified atom stereocenters. The van der Waals surface area contributed by atoms with Gasteiger partial charge in [-0.15, -0.1) is 6.58 Å². The molecule has 1 heterocycles. The highest BCUT2D eigenvalue weighted by Crippen LogP contribution is 2.18. The predicted octanol–water partition coefficient (Wildman–Crippen LogP) is 3.35. The van der Waals surface area contributed by atoms with Gasteiger partial charge in [-0.1, -0.05) is 29.4 Å². The zero-order valence-electron chi connectivity index (χ0n) is 10.8. The van der Waals surface area contributed by atoms with Crippen LogP contribution in [0.3, 0.4) is 0 Å². The van der Waals surface area contributed by atoms with Crippen LogP contribution in [0.5, 0.6) is 0 Å². The summed E-state index contributed by atoms with van der Waals surface area (Å²) in [5.74, 6) is -0.0670. The second-order valence-electron chi connectivity index (χ2n) is 4.27. The Kier molecular flexibility index (Phi) is 4.13. The van der Waals surface area contributed by atoms with Gasteiger partial charge in [0.15, 0.2) is 0 Å². The summed E-state index contributed by atoms with van der Waals surface area (Å²) in [5.41, 5.74) is 2.56. The van der Waals surface area contributed by atoms with Crippen LogP contribution in [0.1, 0.15) is 28.2 Å². The van der Waals surface area contributed by atoms with Gasteiger partial charge in [-0.05, 0) is 31.4 Å². The second-order valence-corrected chi connectivity index (χ2v) is 4.27. The van der Waals surface area contributed by atoms with Gasteiger partial charge in [0.1, 0.15) is 0 Å². The van der Waals surface area contributed by atoms with Crippen LogP contribution in [0.4, 0.5) is 5.69 Å². The van der Waals surface area contributed by atoms with Crippen molar-refractivity contribution in [2.24, 2.45) is 0 Å². The zero-order chi connectivity index (χ0) is 13.7. The SMILES string of the molecule is C=CCCc1ccccc1NC(=O)c1cc(C)no1. The third kappa shape index (κ3) is 3.31. The van der Waals surface area contributed by atoms with E-state index in [4.69, 9.17) is 4.52 Å². The number of rotatable bonds is 5. The summed E-state index contributed by atoms with van der Waals surface area (Å²) < 4.78 is 4.94. The molecule has 0 aliphatic rings. The van der Waals surface area contributed by atoms with Crippen molar-refractivity contribution in [1.29, 1.82) is 0 Å². The molecule has 0 saturated heterocycles. The number of benzene rings is 1. The molecule has 0 fully saturated rings. The average molecular weight is 256 g/mol. The monoisotopic (exact) mass is 256 g/mol. The number of anilines is 1. The third-order valence-electron chi connectivity index (χ3n) is 2.74. The molecule has 2 aromatic rings. The molecule has 0 saturated carbocycles. The number of aromatic nitrogens is 1. The number of allylic oxidation sites excluding steroid dienone is 1. The van der Waals surface area contributed by atoms with Crippen molar-refractivity contribution >= 4 is 11.6 Å². The van der Waals surface area contributed by atoms with Crippen LogP contribution in [0.2, 0.25) is 0 Å². The number of para-hydroxylation sites is 1. The van der Waals surface area contributed by atoms with Crippen LogP contribution in [0, 0.1) is 6.92 Å². The van der Waals surface area contributed by atoms with Gasteiger partial charge in [-0.2, -0.15) is 0 Å². The fourth-order valence-corrected chi connectivity index (χ4v) is 1.77. The summed E-state index contributed by atoms with van der Waals surface area (Å²) in [4.78, 5) is 12.0. The topological polar surface area (TPSA) is 55.1 Å². The molecule has 0 atom stereocenters. The number of nitrogens with zero attached hydrogens (tertiary/aromatic N) is 1. The van der Waals surface area contributed by atoms with Crippen LogP contribution in [0.25, 0.3) is 0 Å². The number of carbonyl (C=O) groups excluding carboxylic acids is 1. The minimum absolute atomic E-state index is 0.219. The first-order valence-corrected chi connectivity index (χ1v) is 6.14. The summed E-state index contributed by atoms with van der Waals surface area (Å²) in [7, 11) is 0. The highest BCUT2D eigenvalue weighted by Gasteiger charge is 2.13. The van der Waals surface area contributed by atoms with E-state index in [1.807, 2.05) is 30.3 Å². The van der Waals surface area contributed by atoms with E-state index in [1.165, 1.54) is 0 Å². The molecule has 1 N–H and O–H groups in total. The van der Waals surface area contributed by atoms with Gasteiger partial charge in [0, 0.05) is 11.8 Å². The first-order chi connectivity index (χ1) is 9.20. The molecule has 1 aromatic carbocycles. The lowest BCUT2D eigenvalue weighted by Gasteiger charge is -2.08. The number of nitrogens with one attached hydrogen (secondary N) is 1. The Morgan fingerprint density at radius 3 is 2.95 bits per heavy atom. The quantitative estimate of drug-likeness (QED) is 0.834. The van der Waals surface area contributed by atoms with Crippen molar-refractivity contribution in [3.8, 4) is 0 Å². The summed E-state index contributed by atoms with van der Waals surface area (Å²) in [6.07, 6.45) is 3.57. The van der Waals surface area contributed by atoms with Crippen LogP contribution >= 0.6 is 0 Å². The summed E-state index contributed by atoms with van der Waals surface area (Å²) in [5, 5.41) is 6.54. The highest BCUT2D eigenvalue weighted by atomic mass is 16.5. The van der Waals surface area contributed by atoms with Gasteiger partial charge < -0.3 is 9.84 Å². The van der Waals surface area contributed by atoms with Gasteiger partial charge in [0.2, 0.25) is 5.76 Å². The molecule has 1 amide bonds. The number of hydrogen-bond acceptors (Lipinski definition) is 3. The number of amides is 1. The Morgan fingerprint density at radius 1 is 1.47 bits per heavy atom. The summed E-state index contributed by atoms with van der Waals surface area (Å²) in [6.45, 7) is 5.48. The van der Waals surface area contributed by atoms with Gasteiger partial charge >= 0.3 is 0 Å². The molecular weight excluding hydrogens is 240 g/mol.